The molecule has 26 heavy (non-hydrogen) atoms. The summed E-state index contributed by atoms with van der Waals surface area (Å²) in [5.41, 5.74) is 1.48. The SMILES string of the molecule is COC(=O)C(c1ccccc1Cl)N1CCc2sc(OS(=O)(=O)O)cc2C1. The molecule has 0 radical (unpaired) electrons. The number of esters is 1. The Morgan fingerprint density at radius 3 is 2.77 bits per heavy atom. The molecule has 0 aliphatic carbocycles. The molecule has 0 amide bonds. The summed E-state index contributed by atoms with van der Waals surface area (Å²) in [4.78, 5) is 15.3. The Morgan fingerprint density at radius 2 is 2.12 bits per heavy atom. The lowest BCUT2D eigenvalue weighted by atomic mass is 10.0. The van der Waals surface area contributed by atoms with Gasteiger partial charge in [0.05, 0.1) is 7.11 Å². The fourth-order valence-corrected chi connectivity index (χ4v) is 4.75. The maximum atomic E-state index is 12.4. The number of hydrogen-bond donors (Lipinski definition) is 1. The second-order valence-corrected chi connectivity index (χ2v) is 8.22. The maximum absolute atomic E-state index is 12.4. The highest BCUT2D eigenvalue weighted by molar-refractivity contribution is 7.81. The van der Waals surface area contributed by atoms with Crippen LogP contribution >= 0.6 is 22.9 Å². The van der Waals surface area contributed by atoms with Crippen LogP contribution in [-0.4, -0.2) is 37.5 Å². The van der Waals surface area contributed by atoms with Gasteiger partial charge in [0.25, 0.3) is 0 Å². The molecule has 3 rings (SSSR count). The molecule has 7 nitrogen and oxygen atoms in total. The van der Waals surface area contributed by atoms with Gasteiger partial charge in [-0.15, -0.1) is 11.3 Å². The Morgan fingerprint density at radius 1 is 1.38 bits per heavy atom. The number of benzene rings is 1. The van der Waals surface area contributed by atoms with E-state index in [-0.39, 0.29) is 5.06 Å². The van der Waals surface area contributed by atoms with E-state index in [1.54, 1.807) is 30.3 Å². The van der Waals surface area contributed by atoms with Gasteiger partial charge >= 0.3 is 16.4 Å². The lowest BCUT2D eigenvalue weighted by molar-refractivity contribution is -0.147. The normalized spacial score (nSPS) is 16.0. The first-order valence-corrected chi connectivity index (χ1v) is 10.2. The summed E-state index contributed by atoms with van der Waals surface area (Å²) in [5.74, 6) is -0.425. The molecule has 1 aromatic carbocycles. The van der Waals surface area contributed by atoms with E-state index in [0.29, 0.717) is 30.1 Å². The zero-order chi connectivity index (χ0) is 18.9. The standard InChI is InChI=1S/C16H16ClNO6S2/c1-23-16(19)15(11-4-2-3-5-12(11)17)18-7-6-13-10(9-18)8-14(25-13)24-26(20,21)22/h2-5,8,15H,6-7,9H2,1H3,(H,20,21,22). The van der Waals surface area contributed by atoms with E-state index >= 15 is 0 Å². The Balaban J connectivity index is 1.89. The van der Waals surface area contributed by atoms with Crippen molar-refractivity contribution in [2.75, 3.05) is 13.7 Å². The third-order valence-electron chi connectivity index (χ3n) is 4.05. The van der Waals surface area contributed by atoms with Gasteiger partial charge in [-0.2, -0.15) is 8.42 Å². The van der Waals surface area contributed by atoms with Crippen LogP contribution in [0.4, 0.5) is 0 Å². The van der Waals surface area contributed by atoms with E-state index < -0.39 is 22.4 Å². The van der Waals surface area contributed by atoms with Crippen molar-refractivity contribution in [2.24, 2.45) is 0 Å². The summed E-state index contributed by atoms with van der Waals surface area (Å²) in [6, 6.07) is 7.96. The van der Waals surface area contributed by atoms with Crippen LogP contribution in [0.3, 0.4) is 0 Å². The monoisotopic (exact) mass is 417 g/mol. The van der Waals surface area contributed by atoms with Crippen molar-refractivity contribution in [3.63, 3.8) is 0 Å². The van der Waals surface area contributed by atoms with Gasteiger partial charge in [-0.05, 0) is 29.7 Å². The average Bonchev–Trinajstić information content (AvgIpc) is 2.96. The summed E-state index contributed by atoms with van der Waals surface area (Å²) in [5, 5.41) is 0.557. The second kappa shape index (κ2) is 7.53. The van der Waals surface area contributed by atoms with Crippen LogP contribution in [0.15, 0.2) is 30.3 Å². The predicted molar refractivity (Wildman–Crippen MR) is 96.8 cm³/mol. The second-order valence-electron chi connectivity index (χ2n) is 5.69. The summed E-state index contributed by atoms with van der Waals surface area (Å²) in [6.45, 7) is 0.954. The van der Waals surface area contributed by atoms with E-state index in [0.717, 1.165) is 21.8 Å². The van der Waals surface area contributed by atoms with Crippen molar-refractivity contribution in [3.8, 4) is 5.06 Å². The molecule has 0 spiro atoms. The van der Waals surface area contributed by atoms with Crippen LogP contribution in [0.25, 0.3) is 0 Å². The van der Waals surface area contributed by atoms with Crippen LogP contribution < -0.4 is 4.18 Å². The van der Waals surface area contributed by atoms with E-state index in [1.807, 2.05) is 4.90 Å². The molecule has 1 aliphatic rings. The van der Waals surface area contributed by atoms with Crippen molar-refractivity contribution < 1.29 is 26.7 Å². The minimum atomic E-state index is -4.57. The van der Waals surface area contributed by atoms with Gasteiger partial charge in [0.15, 0.2) is 5.06 Å². The van der Waals surface area contributed by atoms with Crippen LogP contribution in [0.1, 0.15) is 22.0 Å². The summed E-state index contributed by atoms with van der Waals surface area (Å²) >= 11 is 7.43. The third-order valence-corrected chi connectivity index (χ3v) is 6.01. The average molecular weight is 418 g/mol. The lowest BCUT2D eigenvalue weighted by Crippen LogP contribution is -2.38. The topological polar surface area (TPSA) is 93.1 Å². The fourth-order valence-electron chi connectivity index (χ4n) is 2.97. The molecular weight excluding hydrogens is 402 g/mol. The molecule has 1 aromatic heterocycles. The van der Waals surface area contributed by atoms with Crippen molar-refractivity contribution in [2.45, 2.75) is 19.0 Å². The van der Waals surface area contributed by atoms with Gasteiger partial charge in [0.1, 0.15) is 6.04 Å². The number of rotatable bonds is 5. The third kappa shape index (κ3) is 4.18. The molecule has 1 aliphatic heterocycles. The molecule has 0 bridgehead atoms. The molecule has 1 atom stereocenters. The highest BCUT2D eigenvalue weighted by Crippen LogP contribution is 2.38. The molecule has 1 N–H and O–H groups in total. The number of carbonyl (C=O) groups excluding carboxylic acids is 1. The van der Waals surface area contributed by atoms with Crippen molar-refractivity contribution in [1.82, 2.24) is 4.90 Å². The van der Waals surface area contributed by atoms with Crippen molar-refractivity contribution in [3.05, 3.63) is 51.4 Å². The van der Waals surface area contributed by atoms with E-state index in [9.17, 15) is 13.2 Å². The summed E-state index contributed by atoms with van der Waals surface area (Å²) in [6.07, 6.45) is 0.604. The first kappa shape index (κ1) is 19.1. The molecule has 140 valence electrons. The number of hydrogen-bond acceptors (Lipinski definition) is 7. The van der Waals surface area contributed by atoms with Gasteiger partial charge in [-0.1, -0.05) is 29.8 Å². The Kier molecular flexibility index (Phi) is 5.54. The Labute approximate surface area is 160 Å². The van der Waals surface area contributed by atoms with Crippen LogP contribution in [-0.2, 0) is 32.9 Å². The highest BCUT2D eigenvalue weighted by Gasteiger charge is 2.33. The molecule has 2 aromatic rings. The summed E-state index contributed by atoms with van der Waals surface area (Å²) < 4.78 is 40.1. The van der Waals surface area contributed by atoms with Crippen LogP contribution in [0.5, 0.6) is 5.06 Å². The first-order valence-electron chi connectivity index (χ1n) is 7.63. The van der Waals surface area contributed by atoms with Gasteiger partial charge in [-0.3, -0.25) is 9.45 Å². The van der Waals surface area contributed by atoms with Crippen molar-refractivity contribution >= 4 is 39.3 Å². The number of thiophene rings is 1. The Bertz CT molecular complexity index is 927. The minimum Gasteiger partial charge on any atom is -0.468 e. The van der Waals surface area contributed by atoms with Gasteiger partial charge < -0.3 is 8.92 Å². The van der Waals surface area contributed by atoms with Crippen LogP contribution in [0.2, 0.25) is 5.02 Å². The number of nitrogens with zero attached hydrogens (tertiary/aromatic N) is 1. The number of halogens is 1. The molecular formula is C16H16ClNO6S2. The minimum absolute atomic E-state index is 0.0895. The molecule has 1 unspecified atom stereocenters. The lowest BCUT2D eigenvalue weighted by Gasteiger charge is -2.33. The van der Waals surface area contributed by atoms with E-state index in [4.69, 9.17) is 20.9 Å². The zero-order valence-corrected chi connectivity index (χ0v) is 16.1. The van der Waals surface area contributed by atoms with Crippen molar-refractivity contribution in [1.29, 1.82) is 0 Å². The Hall–Kier alpha value is -1.65. The quantitative estimate of drug-likeness (QED) is 0.590. The molecule has 10 heteroatoms. The maximum Gasteiger partial charge on any atom is 0.447 e. The molecule has 2 heterocycles. The van der Waals surface area contributed by atoms with Gasteiger partial charge in [0, 0.05) is 23.0 Å². The number of carbonyl (C=O) groups is 1. The molecule has 0 fully saturated rings. The molecule has 0 saturated heterocycles. The number of fused-ring (bicyclic) bond motifs is 1. The van der Waals surface area contributed by atoms with Crippen LogP contribution in [0, 0.1) is 0 Å². The first-order chi connectivity index (χ1) is 12.3. The largest absolute Gasteiger partial charge is 0.468 e. The predicted octanol–water partition coefficient (Wildman–Crippen LogP) is 2.86. The van der Waals surface area contributed by atoms with E-state index in [1.165, 1.54) is 7.11 Å². The zero-order valence-electron chi connectivity index (χ0n) is 13.7. The molecule has 0 saturated carbocycles. The number of ether oxygens (including phenoxy) is 1. The summed E-state index contributed by atoms with van der Waals surface area (Å²) in [7, 11) is -3.24. The van der Waals surface area contributed by atoms with E-state index in [2.05, 4.69) is 4.18 Å². The van der Waals surface area contributed by atoms with Gasteiger partial charge in [-0.25, -0.2) is 4.79 Å². The van der Waals surface area contributed by atoms with Gasteiger partial charge in [0.2, 0.25) is 0 Å². The fraction of sp³-hybridized carbons (Fsp3) is 0.312. The number of methoxy groups -OCH3 is 1. The smallest absolute Gasteiger partial charge is 0.447 e. The highest BCUT2D eigenvalue weighted by atomic mass is 35.5.